The lowest BCUT2D eigenvalue weighted by Gasteiger charge is -2.17. The average Bonchev–Trinajstić information content (AvgIpc) is 3.01. The standard InChI is InChI=1S/C20H19ClN2O2/c1-25-17-9-6-15(7-10-17)23-20(13-2-4-14(21)5-3-13)18-12-16(24)8-11-19(18)22-23/h2-7,9-10,16,24H,8,11-12H2,1H3. The Labute approximate surface area is 151 Å². The van der Waals surface area contributed by atoms with Crippen LogP contribution in [0.3, 0.4) is 0 Å². The van der Waals surface area contributed by atoms with E-state index >= 15 is 0 Å². The topological polar surface area (TPSA) is 47.3 Å². The fraction of sp³-hybridized carbons (Fsp3) is 0.250. The first-order chi connectivity index (χ1) is 12.2. The molecular formula is C20H19ClN2O2. The number of aliphatic hydroxyl groups is 1. The number of ether oxygens (including phenoxy) is 1. The molecule has 4 nitrogen and oxygen atoms in total. The second-order valence-electron chi connectivity index (χ2n) is 6.29. The van der Waals surface area contributed by atoms with Gasteiger partial charge in [-0.1, -0.05) is 23.7 Å². The molecule has 1 N–H and O–H groups in total. The number of halogens is 1. The van der Waals surface area contributed by atoms with E-state index in [4.69, 9.17) is 21.4 Å². The summed E-state index contributed by atoms with van der Waals surface area (Å²) in [4.78, 5) is 0. The van der Waals surface area contributed by atoms with Crippen molar-refractivity contribution in [2.45, 2.75) is 25.4 Å². The lowest BCUT2D eigenvalue weighted by atomic mass is 9.91. The monoisotopic (exact) mass is 354 g/mol. The van der Waals surface area contributed by atoms with Crippen LogP contribution in [0.1, 0.15) is 17.7 Å². The van der Waals surface area contributed by atoms with Crippen LogP contribution in [0.2, 0.25) is 5.02 Å². The minimum atomic E-state index is -0.313. The predicted molar refractivity (Wildman–Crippen MR) is 98.6 cm³/mol. The van der Waals surface area contributed by atoms with E-state index in [0.29, 0.717) is 11.4 Å². The van der Waals surface area contributed by atoms with Crippen LogP contribution < -0.4 is 4.74 Å². The summed E-state index contributed by atoms with van der Waals surface area (Å²) in [6, 6.07) is 15.6. The van der Waals surface area contributed by atoms with E-state index in [2.05, 4.69) is 0 Å². The molecule has 0 spiro atoms. The molecule has 1 aliphatic rings. The number of aromatic nitrogens is 2. The van der Waals surface area contributed by atoms with Crippen LogP contribution in [-0.2, 0) is 12.8 Å². The molecule has 0 saturated heterocycles. The minimum Gasteiger partial charge on any atom is -0.497 e. The highest BCUT2D eigenvalue weighted by atomic mass is 35.5. The maximum absolute atomic E-state index is 10.1. The molecule has 1 aromatic heterocycles. The van der Waals surface area contributed by atoms with E-state index < -0.39 is 0 Å². The molecule has 1 aliphatic carbocycles. The van der Waals surface area contributed by atoms with Crippen LogP contribution in [0.5, 0.6) is 5.75 Å². The van der Waals surface area contributed by atoms with Crippen molar-refractivity contribution in [2.24, 2.45) is 0 Å². The normalized spacial score (nSPS) is 16.5. The number of hydrogen-bond donors (Lipinski definition) is 1. The number of methoxy groups -OCH3 is 1. The van der Waals surface area contributed by atoms with Gasteiger partial charge in [-0.2, -0.15) is 5.10 Å². The Kier molecular flexibility index (Phi) is 4.24. The van der Waals surface area contributed by atoms with Crippen LogP contribution in [0.4, 0.5) is 0 Å². The van der Waals surface area contributed by atoms with Crippen LogP contribution in [0.25, 0.3) is 16.9 Å². The second kappa shape index (κ2) is 6.54. The number of fused-ring (bicyclic) bond motifs is 1. The van der Waals surface area contributed by atoms with E-state index in [1.54, 1.807) is 7.11 Å². The van der Waals surface area contributed by atoms with E-state index in [-0.39, 0.29) is 6.10 Å². The smallest absolute Gasteiger partial charge is 0.119 e. The average molecular weight is 355 g/mol. The number of aryl methyl sites for hydroxylation is 1. The summed E-state index contributed by atoms with van der Waals surface area (Å²) in [5.74, 6) is 0.809. The lowest BCUT2D eigenvalue weighted by molar-refractivity contribution is 0.158. The van der Waals surface area contributed by atoms with Gasteiger partial charge in [0.1, 0.15) is 5.75 Å². The molecule has 4 rings (SSSR count). The molecule has 1 unspecified atom stereocenters. The summed E-state index contributed by atoms with van der Waals surface area (Å²) >= 11 is 6.05. The molecule has 5 heteroatoms. The Morgan fingerprint density at radius 2 is 1.84 bits per heavy atom. The quantitative estimate of drug-likeness (QED) is 0.771. The highest BCUT2D eigenvalue weighted by Gasteiger charge is 2.26. The SMILES string of the molecule is COc1ccc(-n2nc3c(c2-c2ccc(Cl)cc2)CC(O)CC3)cc1. The van der Waals surface area contributed by atoms with Gasteiger partial charge < -0.3 is 9.84 Å². The molecule has 0 bridgehead atoms. The van der Waals surface area contributed by atoms with Crippen molar-refractivity contribution in [1.82, 2.24) is 9.78 Å². The summed E-state index contributed by atoms with van der Waals surface area (Å²) in [6.07, 6.45) is 1.86. The van der Waals surface area contributed by atoms with Crippen LogP contribution in [0.15, 0.2) is 48.5 Å². The van der Waals surface area contributed by atoms with E-state index in [0.717, 1.165) is 46.8 Å². The predicted octanol–water partition coefficient (Wildman–Crippen LogP) is 4.05. The number of hydrogen-bond acceptors (Lipinski definition) is 3. The fourth-order valence-electron chi connectivity index (χ4n) is 3.37. The molecule has 0 aliphatic heterocycles. The third-order valence-corrected chi connectivity index (χ3v) is 4.91. The van der Waals surface area contributed by atoms with E-state index in [1.807, 2.05) is 53.2 Å². The molecule has 0 fully saturated rings. The Morgan fingerprint density at radius 1 is 1.12 bits per heavy atom. The summed E-state index contributed by atoms with van der Waals surface area (Å²) in [5.41, 5.74) is 5.22. The number of benzene rings is 2. The van der Waals surface area contributed by atoms with Crippen molar-refractivity contribution >= 4 is 11.6 Å². The van der Waals surface area contributed by atoms with Crippen molar-refractivity contribution in [3.63, 3.8) is 0 Å². The van der Waals surface area contributed by atoms with Gasteiger partial charge in [0.05, 0.1) is 30.3 Å². The van der Waals surface area contributed by atoms with Crippen molar-refractivity contribution in [2.75, 3.05) is 7.11 Å². The van der Waals surface area contributed by atoms with E-state index in [9.17, 15) is 5.11 Å². The zero-order valence-electron chi connectivity index (χ0n) is 13.9. The first-order valence-corrected chi connectivity index (χ1v) is 8.72. The van der Waals surface area contributed by atoms with E-state index in [1.165, 1.54) is 0 Å². The fourth-order valence-corrected chi connectivity index (χ4v) is 3.49. The molecule has 0 saturated carbocycles. The first kappa shape index (κ1) is 16.2. The molecule has 1 heterocycles. The van der Waals surface area contributed by atoms with Crippen molar-refractivity contribution in [3.05, 3.63) is 64.8 Å². The van der Waals surface area contributed by atoms with Crippen LogP contribution in [0, 0.1) is 0 Å². The van der Waals surface area contributed by atoms with Crippen molar-refractivity contribution < 1.29 is 9.84 Å². The molecule has 128 valence electrons. The highest BCUT2D eigenvalue weighted by molar-refractivity contribution is 6.30. The zero-order chi connectivity index (χ0) is 17.4. The number of nitrogens with zero attached hydrogens (tertiary/aromatic N) is 2. The molecular weight excluding hydrogens is 336 g/mol. The summed E-state index contributed by atoms with van der Waals surface area (Å²) in [7, 11) is 1.65. The Morgan fingerprint density at radius 3 is 2.52 bits per heavy atom. The Hall–Kier alpha value is -2.30. The second-order valence-corrected chi connectivity index (χ2v) is 6.72. The third-order valence-electron chi connectivity index (χ3n) is 4.66. The van der Waals surface area contributed by atoms with Crippen LogP contribution >= 0.6 is 11.6 Å². The van der Waals surface area contributed by atoms with Gasteiger partial charge in [0.15, 0.2) is 0 Å². The van der Waals surface area contributed by atoms with Gasteiger partial charge in [0.25, 0.3) is 0 Å². The van der Waals surface area contributed by atoms with Crippen molar-refractivity contribution in [3.8, 4) is 22.7 Å². The summed E-state index contributed by atoms with van der Waals surface area (Å²) in [6.45, 7) is 0. The Balaban J connectivity index is 1.89. The summed E-state index contributed by atoms with van der Waals surface area (Å²) in [5, 5.41) is 15.7. The third kappa shape index (κ3) is 3.03. The molecule has 0 amide bonds. The molecule has 1 atom stereocenters. The van der Waals surface area contributed by atoms with Gasteiger partial charge in [-0.15, -0.1) is 0 Å². The summed E-state index contributed by atoms with van der Waals surface area (Å²) < 4.78 is 7.21. The van der Waals surface area contributed by atoms with Gasteiger partial charge in [0.2, 0.25) is 0 Å². The molecule has 0 radical (unpaired) electrons. The molecule has 2 aromatic carbocycles. The van der Waals surface area contributed by atoms with Gasteiger partial charge in [0, 0.05) is 22.6 Å². The van der Waals surface area contributed by atoms with Gasteiger partial charge in [-0.3, -0.25) is 0 Å². The Bertz CT molecular complexity index is 885. The van der Waals surface area contributed by atoms with Gasteiger partial charge in [-0.25, -0.2) is 4.68 Å². The molecule has 3 aromatic rings. The van der Waals surface area contributed by atoms with Crippen molar-refractivity contribution in [1.29, 1.82) is 0 Å². The lowest BCUT2D eigenvalue weighted by Crippen LogP contribution is -2.18. The van der Waals surface area contributed by atoms with Gasteiger partial charge in [-0.05, 0) is 49.2 Å². The first-order valence-electron chi connectivity index (χ1n) is 8.35. The zero-order valence-corrected chi connectivity index (χ0v) is 14.7. The van der Waals surface area contributed by atoms with Gasteiger partial charge >= 0.3 is 0 Å². The van der Waals surface area contributed by atoms with Crippen LogP contribution in [-0.4, -0.2) is 28.1 Å². The highest BCUT2D eigenvalue weighted by Crippen LogP contribution is 2.34. The minimum absolute atomic E-state index is 0.313. The largest absolute Gasteiger partial charge is 0.497 e. The maximum Gasteiger partial charge on any atom is 0.119 e. The molecule has 25 heavy (non-hydrogen) atoms. The maximum atomic E-state index is 10.1. The number of rotatable bonds is 3. The number of aliphatic hydroxyl groups excluding tert-OH is 1.